The van der Waals surface area contributed by atoms with Crippen LogP contribution in [0.4, 0.5) is 0 Å². The molecule has 0 saturated carbocycles. The maximum Gasteiger partial charge on any atom is 0.245 e. The summed E-state index contributed by atoms with van der Waals surface area (Å²) in [5, 5.41) is 15.1. The fourth-order valence-corrected chi connectivity index (χ4v) is 8.00. The maximum atomic E-state index is 14.6. The van der Waals surface area contributed by atoms with Gasteiger partial charge in [-0.1, -0.05) is 92.7 Å². The Hall–Kier alpha value is -7.24. The van der Waals surface area contributed by atoms with Crippen LogP contribution in [0.5, 0.6) is 0 Å². The third-order valence-corrected chi connectivity index (χ3v) is 11.3. The molecule has 352 valence electrons. The number of H-pyrrole nitrogens is 1. The van der Waals surface area contributed by atoms with Crippen LogP contribution >= 0.6 is 0 Å². The van der Waals surface area contributed by atoms with Crippen molar-refractivity contribution in [3.8, 4) is 0 Å². The highest BCUT2D eigenvalue weighted by atomic mass is 16.2. The molecule has 0 unspecified atom stereocenters. The van der Waals surface area contributed by atoms with Crippen LogP contribution < -0.4 is 43.8 Å². The molecule has 0 spiro atoms. The van der Waals surface area contributed by atoms with Crippen LogP contribution in [0.2, 0.25) is 0 Å². The molecule has 0 bridgehead atoms. The molecule has 1 aliphatic heterocycles. The Labute approximate surface area is 384 Å². The Morgan fingerprint density at radius 2 is 1.24 bits per heavy atom. The van der Waals surface area contributed by atoms with E-state index in [1.54, 1.807) is 44.3 Å². The number of nitrogens with two attached hydrogens (primary N) is 3. The van der Waals surface area contributed by atoms with Crippen LogP contribution in [0.1, 0.15) is 69.1 Å². The Balaban J connectivity index is 1.54. The minimum Gasteiger partial charge on any atom is -0.370 e. The van der Waals surface area contributed by atoms with E-state index in [1.807, 2.05) is 60.7 Å². The molecule has 0 aliphatic carbocycles. The van der Waals surface area contributed by atoms with Crippen LogP contribution in [0, 0.1) is 5.41 Å². The van der Waals surface area contributed by atoms with Gasteiger partial charge in [0.2, 0.25) is 41.4 Å². The van der Waals surface area contributed by atoms with E-state index in [0.717, 1.165) is 16.5 Å². The highest BCUT2D eigenvalue weighted by Gasteiger charge is 2.34. The second kappa shape index (κ2) is 24.2. The summed E-state index contributed by atoms with van der Waals surface area (Å²) in [6.07, 6.45) is 2.82. The van der Waals surface area contributed by atoms with Gasteiger partial charge in [0.1, 0.15) is 24.2 Å². The lowest BCUT2D eigenvalue weighted by molar-refractivity contribution is -0.139. The minimum absolute atomic E-state index is 0.00388. The normalized spacial score (nSPS) is 20.8. The summed E-state index contributed by atoms with van der Waals surface area (Å²) in [6.45, 7) is 3.57. The van der Waals surface area contributed by atoms with Gasteiger partial charge in [-0.25, -0.2) is 0 Å². The van der Waals surface area contributed by atoms with Crippen LogP contribution in [0.25, 0.3) is 10.9 Å². The first kappa shape index (κ1) is 49.8. The highest BCUT2D eigenvalue weighted by Crippen LogP contribution is 2.25. The molecule has 2 heterocycles. The quantitative estimate of drug-likeness (QED) is 0.0561. The van der Waals surface area contributed by atoms with Crippen LogP contribution in [0.15, 0.2) is 96.1 Å². The summed E-state index contributed by atoms with van der Waals surface area (Å²) in [5.41, 5.74) is 19.0. The fourth-order valence-electron chi connectivity index (χ4n) is 8.00. The molecule has 1 saturated heterocycles. The first-order valence-corrected chi connectivity index (χ1v) is 22.3. The monoisotopic (exact) mass is 905 g/mol. The Bertz CT molecular complexity index is 2330. The molecule has 5 rings (SSSR count). The van der Waals surface area contributed by atoms with Gasteiger partial charge in [-0.15, -0.1) is 0 Å². The molecular formula is C48H63N11O7. The average molecular weight is 906 g/mol. The van der Waals surface area contributed by atoms with Crippen molar-refractivity contribution in [1.82, 2.24) is 36.5 Å². The number of nitrogens with one attached hydrogen (secondary N) is 6. The molecule has 3 aromatic carbocycles. The van der Waals surface area contributed by atoms with E-state index in [9.17, 15) is 33.6 Å². The van der Waals surface area contributed by atoms with Gasteiger partial charge in [0.05, 0.1) is 6.54 Å². The number of guanidine groups is 1. The number of hydrogen-bond donors (Lipinski definition) is 9. The zero-order valence-corrected chi connectivity index (χ0v) is 37.6. The van der Waals surface area contributed by atoms with E-state index < -0.39 is 71.6 Å². The van der Waals surface area contributed by atoms with E-state index in [4.69, 9.17) is 17.2 Å². The average Bonchev–Trinajstić information content (AvgIpc) is 3.68. The van der Waals surface area contributed by atoms with Gasteiger partial charge in [0, 0.05) is 68.8 Å². The maximum absolute atomic E-state index is 14.6. The molecule has 4 atom stereocenters. The van der Waals surface area contributed by atoms with Crippen LogP contribution in [0.3, 0.4) is 0 Å². The van der Waals surface area contributed by atoms with Crippen molar-refractivity contribution in [2.75, 3.05) is 26.2 Å². The third-order valence-electron chi connectivity index (χ3n) is 11.3. The van der Waals surface area contributed by atoms with E-state index in [-0.39, 0.29) is 76.4 Å². The Morgan fingerprint density at radius 3 is 1.88 bits per heavy atom. The van der Waals surface area contributed by atoms with E-state index in [0.29, 0.717) is 24.0 Å². The number of amides is 7. The number of nitrogens with zero attached hydrogens (tertiary/aromatic N) is 2. The standard InChI is InChI=1S/C48H63N11O7/c1-48(2)27-41(61)52-21-11-12-23-59(30-40(49)60)46(66)39(26-33-29-54-35-19-10-9-18-34(33)35)58-43(63)36(20-13-22-53-47(50)51)56-45(65)38(25-32-16-7-4-8-17-32)57-44(64)37(55-42(62)28-48)24-31-14-5-3-6-15-31/h3-10,14-19,29,36-39,54H,11-13,20-28,30H2,1-2H3,(H2,49,60)(H,52,61)(H,55,62)(H,56,65)(H,57,64)(H,58,63)(H4,50,51,53)/t36-,37-,38+,39-/m0/s1. The lowest BCUT2D eigenvalue weighted by Gasteiger charge is -2.29. The van der Waals surface area contributed by atoms with Crippen molar-refractivity contribution in [3.63, 3.8) is 0 Å². The summed E-state index contributed by atoms with van der Waals surface area (Å²) >= 11 is 0. The number of primary amides is 1. The van der Waals surface area contributed by atoms with E-state index in [1.165, 1.54) is 4.90 Å². The van der Waals surface area contributed by atoms with Crippen molar-refractivity contribution in [2.24, 2.45) is 27.6 Å². The molecule has 1 aromatic heterocycles. The molecule has 4 aromatic rings. The second-order valence-electron chi connectivity index (χ2n) is 17.5. The van der Waals surface area contributed by atoms with Crippen molar-refractivity contribution < 1.29 is 33.6 Å². The first-order valence-electron chi connectivity index (χ1n) is 22.3. The molecule has 18 nitrogen and oxygen atoms in total. The van der Waals surface area contributed by atoms with E-state index >= 15 is 0 Å². The topological polar surface area (TPSA) is 289 Å². The van der Waals surface area contributed by atoms with Gasteiger partial charge >= 0.3 is 0 Å². The lowest BCUT2D eigenvalue weighted by Crippen LogP contribution is -2.59. The number of carbonyl (C=O) groups excluding carboxylic acids is 7. The summed E-state index contributed by atoms with van der Waals surface area (Å²) in [6, 6.07) is 20.7. The molecular weight excluding hydrogens is 843 g/mol. The lowest BCUT2D eigenvalue weighted by atomic mass is 9.84. The molecule has 0 radical (unpaired) electrons. The molecule has 1 fully saturated rings. The Kier molecular flexibility index (Phi) is 18.2. The van der Waals surface area contributed by atoms with E-state index in [2.05, 4.69) is 36.6 Å². The van der Waals surface area contributed by atoms with Gasteiger partial charge in [0.15, 0.2) is 5.96 Å². The molecule has 66 heavy (non-hydrogen) atoms. The summed E-state index contributed by atoms with van der Waals surface area (Å²) in [5.74, 6) is -4.34. The van der Waals surface area contributed by atoms with Gasteiger partial charge in [-0.2, -0.15) is 0 Å². The minimum atomic E-state index is -1.27. The zero-order chi connectivity index (χ0) is 47.6. The predicted molar refractivity (Wildman–Crippen MR) is 251 cm³/mol. The summed E-state index contributed by atoms with van der Waals surface area (Å²) in [7, 11) is 0. The van der Waals surface area contributed by atoms with Gasteiger partial charge in [0.25, 0.3) is 0 Å². The number of para-hydroxylation sites is 1. The Morgan fingerprint density at radius 1 is 0.682 bits per heavy atom. The van der Waals surface area contributed by atoms with Gasteiger partial charge in [-0.05, 0) is 53.9 Å². The molecule has 18 heteroatoms. The van der Waals surface area contributed by atoms with Crippen molar-refractivity contribution in [3.05, 3.63) is 108 Å². The van der Waals surface area contributed by atoms with Crippen molar-refractivity contribution in [1.29, 1.82) is 0 Å². The molecule has 7 amide bonds. The highest BCUT2D eigenvalue weighted by molar-refractivity contribution is 5.97. The number of rotatable bonds is 12. The largest absolute Gasteiger partial charge is 0.370 e. The van der Waals surface area contributed by atoms with Crippen molar-refractivity contribution >= 4 is 58.2 Å². The number of aromatic amines is 1. The van der Waals surface area contributed by atoms with Crippen LogP contribution in [-0.4, -0.2) is 108 Å². The number of aromatic nitrogens is 1. The van der Waals surface area contributed by atoms with Gasteiger partial charge < -0.3 is 53.7 Å². The fraction of sp³-hybridized carbons (Fsp3) is 0.417. The first-order chi connectivity index (χ1) is 31.6. The SMILES string of the molecule is CC1(C)CC(=O)NCCCCN(CC(N)=O)C(=O)[C@H](Cc2c[nH]c3ccccc23)NC(=O)[C@H](CCCN=C(N)N)NC(=O)[C@@H](Cc2ccccc2)NC(=O)[C@H](Cc2ccccc2)NC(=O)C1. The van der Waals surface area contributed by atoms with Crippen LogP contribution in [-0.2, 0) is 52.8 Å². The third kappa shape index (κ3) is 15.8. The number of benzene rings is 3. The van der Waals surface area contributed by atoms with Crippen molar-refractivity contribution in [2.45, 2.75) is 95.8 Å². The summed E-state index contributed by atoms with van der Waals surface area (Å²) in [4.78, 5) is 106. The number of hydrogen-bond acceptors (Lipinski definition) is 8. The zero-order valence-electron chi connectivity index (χ0n) is 37.6. The van der Waals surface area contributed by atoms with Gasteiger partial charge in [-0.3, -0.25) is 38.6 Å². The smallest absolute Gasteiger partial charge is 0.245 e. The number of carbonyl (C=O) groups is 7. The molecule has 1 aliphatic rings. The number of fused-ring (bicyclic) bond motifs is 1. The second-order valence-corrected chi connectivity index (χ2v) is 17.5. The number of aliphatic imine (C=N–C) groups is 1. The summed E-state index contributed by atoms with van der Waals surface area (Å²) < 4.78 is 0. The molecule has 12 N–H and O–H groups in total. The predicted octanol–water partition coefficient (Wildman–Crippen LogP) is 1.22.